The van der Waals surface area contributed by atoms with Gasteiger partial charge in [-0.2, -0.15) is 0 Å². The number of aryl methyl sites for hydroxylation is 1. The van der Waals surface area contributed by atoms with Crippen LogP contribution in [0, 0.1) is 12.7 Å². The Morgan fingerprint density at radius 1 is 1.39 bits per heavy atom. The van der Waals surface area contributed by atoms with Gasteiger partial charge in [-0.05, 0) is 49.2 Å². The lowest BCUT2D eigenvalue weighted by atomic mass is 10.2. The second-order valence-corrected chi connectivity index (χ2v) is 6.12. The second-order valence-electron chi connectivity index (χ2n) is 4.08. The van der Waals surface area contributed by atoms with Gasteiger partial charge in [0.15, 0.2) is 0 Å². The molecule has 1 heterocycles. The molecule has 0 bridgehead atoms. The van der Waals surface area contributed by atoms with Crippen LogP contribution >= 0.6 is 23.1 Å². The van der Waals surface area contributed by atoms with Gasteiger partial charge in [0, 0.05) is 15.5 Å². The van der Waals surface area contributed by atoms with E-state index in [0.717, 1.165) is 10.6 Å². The normalized spacial score (nSPS) is 12.6. The van der Waals surface area contributed by atoms with Gasteiger partial charge in [-0.15, -0.1) is 23.1 Å². The maximum Gasteiger partial charge on any atom is 0.124 e. The minimum atomic E-state index is -0.173. The highest BCUT2D eigenvalue weighted by Crippen LogP contribution is 2.29. The molecule has 0 aliphatic heterocycles. The molecular formula is C14H16FNS2. The Balaban J connectivity index is 2.02. The smallest absolute Gasteiger partial charge is 0.124 e. The van der Waals surface area contributed by atoms with Crippen molar-refractivity contribution in [3.05, 3.63) is 52.0 Å². The first kappa shape index (κ1) is 13.6. The number of hydrogen-bond donors (Lipinski definition) is 1. The first-order chi connectivity index (χ1) is 8.70. The molecule has 0 saturated carbocycles. The van der Waals surface area contributed by atoms with Crippen LogP contribution in [0.5, 0.6) is 0 Å². The molecule has 1 aromatic heterocycles. The Hall–Kier alpha value is -0.840. The number of benzene rings is 1. The number of hydrogen-bond acceptors (Lipinski definition) is 3. The highest BCUT2D eigenvalue weighted by Gasteiger charge is 2.13. The third-order valence-corrected chi connectivity index (χ3v) is 5.00. The highest BCUT2D eigenvalue weighted by atomic mass is 32.2. The van der Waals surface area contributed by atoms with Gasteiger partial charge in [-0.1, -0.05) is 6.07 Å². The van der Waals surface area contributed by atoms with Crippen molar-refractivity contribution in [1.29, 1.82) is 0 Å². The molecule has 2 aromatic rings. The van der Waals surface area contributed by atoms with Gasteiger partial charge in [-0.3, -0.25) is 0 Å². The molecule has 1 nitrogen and oxygen atoms in total. The number of nitrogens with one attached hydrogen (secondary N) is 1. The van der Waals surface area contributed by atoms with Crippen LogP contribution in [0.3, 0.4) is 0 Å². The van der Waals surface area contributed by atoms with E-state index in [-0.39, 0.29) is 5.82 Å². The summed E-state index contributed by atoms with van der Waals surface area (Å²) in [6, 6.07) is 9.21. The molecule has 1 atom stereocenters. The Kier molecular flexibility index (Phi) is 4.80. The maximum absolute atomic E-state index is 13.1. The van der Waals surface area contributed by atoms with Crippen LogP contribution < -0.4 is 5.32 Å². The number of thioether (sulfide) groups is 1. The Morgan fingerprint density at radius 2 is 2.22 bits per heavy atom. The van der Waals surface area contributed by atoms with Gasteiger partial charge < -0.3 is 5.32 Å². The summed E-state index contributed by atoms with van der Waals surface area (Å²) in [5.74, 6) is 0.731. The zero-order valence-corrected chi connectivity index (χ0v) is 12.1. The predicted octanol–water partition coefficient (Wildman–Crippen LogP) is 4.25. The molecule has 96 valence electrons. The molecule has 1 N–H and O–H groups in total. The molecular weight excluding hydrogens is 265 g/mol. The van der Waals surface area contributed by atoms with E-state index in [9.17, 15) is 4.39 Å². The molecule has 0 aliphatic rings. The summed E-state index contributed by atoms with van der Waals surface area (Å²) in [7, 11) is 1.97. The molecule has 1 aromatic carbocycles. The topological polar surface area (TPSA) is 12.0 Å². The first-order valence-corrected chi connectivity index (χ1v) is 7.67. The van der Waals surface area contributed by atoms with Crippen molar-refractivity contribution in [3.8, 4) is 0 Å². The largest absolute Gasteiger partial charge is 0.312 e. The first-order valence-electron chi connectivity index (χ1n) is 5.80. The molecule has 0 radical (unpaired) electrons. The van der Waals surface area contributed by atoms with E-state index in [0.29, 0.717) is 6.04 Å². The van der Waals surface area contributed by atoms with Crippen molar-refractivity contribution in [2.75, 3.05) is 12.8 Å². The number of halogens is 1. The van der Waals surface area contributed by atoms with E-state index in [1.54, 1.807) is 35.2 Å². The minimum absolute atomic E-state index is 0.173. The monoisotopic (exact) mass is 281 g/mol. The van der Waals surface area contributed by atoms with E-state index < -0.39 is 0 Å². The average molecular weight is 281 g/mol. The zero-order chi connectivity index (χ0) is 13.0. The molecule has 0 saturated heterocycles. The molecule has 1 unspecified atom stereocenters. The second kappa shape index (κ2) is 6.36. The minimum Gasteiger partial charge on any atom is -0.312 e. The molecule has 18 heavy (non-hydrogen) atoms. The van der Waals surface area contributed by atoms with Crippen LogP contribution in [0.15, 0.2) is 40.6 Å². The van der Waals surface area contributed by atoms with Crippen LogP contribution in [0.2, 0.25) is 0 Å². The summed E-state index contributed by atoms with van der Waals surface area (Å²) in [4.78, 5) is 2.34. The summed E-state index contributed by atoms with van der Waals surface area (Å²) < 4.78 is 13.1. The van der Waals surface area contributed by atoms with E-state index in [1.807, 2.05) is 13.1 Å². The molecule has 0 amide bonds. The fraction of sp³-hybridized carbons (Fsp3) is 0.286. The molecule has 0 aliphatic carbocycles. The Morgan fingerprint density at radius 3 is 2.83 bits per heavy atom. The Labute approximate surface area is 115 Å². The number of rotatable bonds is 5. The van der Waals surface area contributed by atoms with Gasteiger partial charge in [0.1, 0.15) is 5.82 Å². The summed E-state index contributed by atoms with van der Waals surface area (Å²) in [6.07, 6.45) is 0. The van der Waals surface area contributed by atoms with Gasteiger partial charge in [0.25, 0.3) is 0 Å². The van der Waals surface area contributed by atoms with Crippen molar-refractivity contribution >= 4 is 23.1 Å². The van der Waals surface area contributed by atoms with Gasteiger partial charge in [-0.25, -0.2) is 4.39 Å². The molecule has 2 rings (SSSR count). The van der Waals surface area contributed by atoms with Gasteiger partial charge in [0.2, 0.25) is 0 Å². The van der Waals surface area contributed by atoms with Crippen molar-refractivity contribution in [3.63, 3.8) is 0 Å². The van der Waals surface area contributed by atoms with Crippen LogP contribution in [-0.2, 0) is 0 Å². The fourth-order valence-electron chi connectivity index (χ4n) is 1.77. The number of thiophene rings is 1. The molecule has 0 spiro atoms. The quantitative estimate of drug-likeness (QED) is 0.822. The lowest BCUT2D eigenvalue weighted by Crippen LogP contribution is -2.18. The predicted molar refractivity (Wildman–Crippen MR) is 78.0 cm³/mol. The third-order valence-electron chi connectivity index (χ3n) is 2.78. The lowest BCUT2D eigenvalue weighted by Gasteiger charge is -2.15. The van der Waals surface area contributed by atoms with Crippen LogP contribution in [0.25, 0.3) is 0 Å². The van der Waals surface area contributed by atoms with Gasteiger partial charge in [0.05, 0.1) is 6.04 Å². The van der Waals surface area contributed by atoms with E-state index >= 15 is 0 Å². The highest BCUT2D eigenvalue weighted by molar-refractivity contribution is 7.99. The molecule has 0 fully saturated rings. The standard InChI is InChI=1S/C14H16FNS2/c1-10-6-7-17-14(10)13(16-2)9-18-12-5-3-4-11(15)8-12/h3-8,13,16H,9H2,1-2H3. The maximum atomic E-state index is 13.1. The van der Waals surface area contributed by atoms with Crippen molar-refractivity contribution in [2.45, 2.75) is 17.9 Å². The zero-order valence-electron chi connectivity index (χ0n) is 10.4. The third kappa shape index (κ3) is 3.34. The van der Waals surface area contributed by atoms with Crippen LogP contribution in [0.4, 0.5) is 4.39 Å². The SMILES string of the molecule is CNC(CSc1cccc(F)c1)c1sccc1C. The van der Waals surface area contributed by atoms with Crippen molar-refractivity contribution in [2.24, 2.45) is 0 Å². The van der Waals surface area contributed by atoms with Crippen molar-refractivity contribution in [1.82, 2.24) is 5.32 Å². The van der Waals surface area contributed by atoms with E-state index in [4.69, 9.17) is 0 Å². The van der Waals surface area contributed by atoms with Crippen LogP contribution in [-0.4, -0.2) is 12.8 Å². The van der Waals surface area contributed by atoms with E-state index in [2.05, 4.69) is 23.7 Å². The summed E-state index contributed by atoms with van der Waals surface area (Å²) in [5.41, 5.74) is 1.32. The molecule has 4 heteroatoms. The van der Waals surface area contributed by atoms with E-state index in [1.165, 1.54) is 16.5 Å². The average Bonchev–Trinajstić information content (AvgIpc) is 2.77. The lowest BCUT2D eigenvalue weighted by molar-refractivity contribution is 0.624. The van der Waals surface area contributed by atoms with Crippen LogP contribution in [0.1, 0.15) is 16.5 Å². The summed E-state index contributed by atoms with van der Waals surface area (Å²) >= 11 is 3.45. The summed E-state index contributed by atoms with van der Waals surface area (Å²) in [5, 5.41) is 5.44. The fourth-order valence-corrected chi connectivity index (χ4v) is 3.97. The van der Waals surface area contributed by atoms with Gasteiger partial charge >= 0.3 is 0 Å². The summed E-state index contributed by atoms with van der Waals surface area (Å²) in [6.45, 7) is 2.13. The Bertz CT molecular complexity index is 510. The van der Waals surface area contributed by atoms with Crippen molar-refractivity contribution < 1.29 is 4.39 Å².